The lowest BCUT2D eigenvalue weighted by molar-refractivity contribution is 1.38. The van der Waals surface area contributed by atoms with Gasteiger partial charge in [0.05, 0.1) is 30.1 Å². The maximum absolute atomic E-state index is 5.47. The maximum atomic E-state index is 5.47. The van der Waals surface area contributed by atoms with Gasteiger partial charge in [0.15, 0.2) is 0 Å². The van der Waals surface area contributed by atoms with Gasteiger partial charge < -0.3 is 0 Å². The molecule has 0 saturated carbocycles. The second-order valence-corrected chi connectivity index (χ2v) is 15.6. The summed E-state index contributed by atoms with van der Waals surface area (Å²) in [4.78, 5) is 10.4. The molecular formula is C51H31NS3. The van der Waals surface area contributed by atoms with Crippen LogP contribution >= 0.6 is 34.0 Å². The number of rotatable bonds is 3. The van der Waals surface area contributed by atoms with Crippen LogP contribution in [0.15, 0.2) is 152 Å². The van der Waals surface area contributed by atoms with E-state index in [-0.39, 0.29) is 0 Å². The van der Waals surface area contributed by atoms with Crippen LogP contribution in [-0.2, 0) is 0 Å². The molecule has 3 heterocycles. The van der Waals surface area contributed by atoms with Crippen molar-refractivity contribution in [3.05, 3.63) is 205 Å². The highest BCUT2D eigenvalue weighted by Crippen LogP contribution is 2.48. The molecule has 0 atom stereocenters. The normalized spacial score (nSPS) is 10.1. The second kappa shape index (κ2) is 16.6. The molecular weight excluding hydrogens is 723 g/mol. The lowest BCUT2D eigenvalue weighted by Crippen LogP contribution is -1.89. The molecule has 1 nitrogen and oxygen atoms in total. The van der Waals surface area contributed by atoms with Crippen LogP contribution < -0.4 is 0 Å². The topological polar surface area (TPSA) is 12.9 Å². The fraction of sp³-hybridized carbons (Fsp3) is 0.0392. The molecule has 0 bridgehead atoms. The summed E-state index contributed by atoms with van der Waals surface area (Å²) < 4.78 is 0. The van der Waals surface area contributed by atoms with E-state index in [9.17, 15) is 0 Å². The molecule has 0 fully saturated rings. The number of hydrogen-bond acceptors (Lipinski definition) is 4. The van der Waals surface area contributed by atoms with Crippen molar-refractivity contribution in [3.8, 4) is 79.6 Å². The SMILES string of the molecule is Cc1c(C#Cc2ccccc2)sc(C#Cc2ccccc2)c1-c1nc(-c2ccccc2)sc1-c1c(C#Cc2ccccc2)sc(C#Cc2ccccc2)c1C. The van der Waals surface area contributed by atoms with Gasteiger partial charge in [-0.1, -0.05) is 139 Å². The van der Waals surface area contributed by atoms with Gasteiger partial charge in [-0.25, -0.2) is 4.98 Å². The first-order valence-corrected chi connectivity index (χ1v) is 20.2. The first kappa shape index (κ1) is 35.4. The molecule has 0 aliphatic rings. The van der Waals surface area contributed by atoms with Gasteiger partial charge in [-0.15, -0.1) is 34.0 Å². The molecule has 4 heteroatoms. The Balaban J connectivity index is 1.38. The van der Waals surface area contributed by atoms with Crippen molar-refractivity contribution >= 4 is 34.0 Å². The Labute approximate surface area is 335 Å². The lowest BCUT2D eigenvalue weighted by Gasteiger charge is -2.05. The van der Waals surface area contributed by atoms with Gasteiger partial charge in [0.1, 0.15) is 5.01 Å². The standard InChI is InChI=1S/C51H31NS3/c1-36-43(32-28-38-18-8-3-9-19-38)53-45(34-30-40-22-12-5-13-23-40)47(36)49-50(55-51(52-49)42-26-16-7-17-27-42)48-37(2)44(33-29-39-20-10-4-11-21-39)54-46(48)35-31-41-24-14-6-15-25-41/h3-27H,1-2H3. The molecule has 0 amide bonds. The van der Waals surface area contributed by atoms with E-state index in [0.717, 1.165) is 85.2 Å². The van der Waals surface area contributed by atoms with Crippen molar-refractivity contribution in [1.82, 2.24) is 4.98 Å². The Morgan fingerprint density at radius 3 is 1.13 bits per heavy atom. The molecule has 8 rings (SSSR count). The number of benzene rings is 5. The summed E-state index contributed by atoms with van der Waals surface area (Å²) in [5.41, 5.74) is 10.0. The monoisotopic (exact) mass is 753 g/mol. The summed E-state index contributed by atoms with van der Waals surface area (Å²) in [6.07, 6.45) is 0. The van der Waals surface area contributed by atoms with Gasteiger partial charge >= 0.3 is 0 Å². The molecule has 0 spiro atoms. The summed E-state index contributed by atoms with van der Waals surface area (Å²) >= 11 is 4.95. The van der Waals surface area contributed by atoms with Crippen LogP contribution in [0.1, 0.15) is 52.9 Å². The Hall–Kier alpha value is -6.63. The molecule has 3 aromatic heterocycles. The quantitative estimate of drug-likeness (QED) is 0.164. The largest absolute Gasteiger partial charge is 0.235 e. The molecule has 258 valence electrons. The highest BCUT2D eigenvalue weighted by Gasteiger charge is 2.27. The smallest absolute Gasteiger partial charge is 0.124 e. The van der Waals surface area contributed by atoms with E-state index in [2.05, 4.69) is 85.5 Å². The van der Waals surface area contributed by atoms with Gasteiger partial charge in [-0.05, 0) is 85.3 Å². The lowest BCUT2D eigenvalue weighted by atomic mass is 10.00. The number of hydrogen-bond donors (Lipinski definition) is 0. The van der Waals surface area contributed by atoms with E-state index >= 15 is 0 Å². The molecule has 0 aliphatic carbocycles. The zero-order valence-electron chi connectivity index (χ0n) is 30.1. The maximum Gasteiger partial charge on any atom is 0.124 e. The van der Waals surface area contributed by atoms with E-state index in [1.165, 1.54) is 0 Å². The van der Waals surface area contributed by atoms with Gasteiger partial charge in [-0.2, -0.15) is 0 Å². The number of aromatic nitrogens is 1. The Bertz CT molecular complexity index is 2690. The number of nitrogens with zero attached hydrogens (tertiary/aromatic N) is 1. The minimum absolute atomic E-state index is 0.883. The Morgan fingerprint density at radius 2 is 0.709 bits per heavy atom. The molecule has 55 heavy (non-hydrogen) atoms. The minimum atomic E-state index is 0.883. The zero-order chi connectivity index (χ0) is 37.4. The third-order valence-corrected chi connectivity index (χ3v) is 12.1. The highest BCUT2D eigenvalue weighted by molar-refractivity contribution is 7.20. The number of thiophene rings is 2. The van der Waals surface area contributed by atoms with Gasteiger partial charge in [0, 0.05) is 38.9 Å². The van der Waals surface area contributed by atoms with Crippen molar-refractivity contribution in [2.45, 2.75) is 13.8 Å². The third kappa shape index (κ3) is 8.15. The van der Waals surface area contributed by atoms with Gasteiger partial charge in [-0.3, -0.25) is 0 Å². The zero-order valence-corrected chi connectivity index (χ0v) is 32.6. The average molecular weight is 754 g/mol. The summed E-state index contributed by atoms with van der Waals surface area (Å²) in [6, 6.07) is 50.9. The summed E-state index contributed by atoms with van der Waals surface area (Å²) in [5, 5.41) is 0.930. The van der Waals surface area contributed by atoms with Gasteiger partial charge in [0.25, 0.3) is 0 Å². The molecule has 8 aromatic rings. The third-order valence-electron chi connectivity index (χ3n) is 8.78. The van der Waals surface area contributed by atoms with Crippen LogP contribution in [-0.4, -0.2) is 4.98 Å². The molecule has 0 N–H and O–H groups in total. The molecule has 0 saturated heterocycles. The van der Waals surface area contributed by atoms with Crippen LogP contribution in [0.4, 0.5) is 0 Å². The van der Waals surface area contributed by atoms with Crippen molar-refractivity contribution in [3.63, 3.8) is 0 Å². The van der Waals surface area contributed by atoms with Gasteiger partial charge in [0.2, 0.25) is 0 Å². The molecule has 0 unspecified atom stereocenters. The highest BCUT2D eigenvalue weighted by atomic mass is 32.1. The van der Waals surface area contributed by atoms with E-state index in [0.29, 0.717) is 0 Å². The second-order valence-electron chi connectivity index (χ2n) is 12.5. The Morgan fingerprint density at radius 1 is 0.364 bits per heavy atom. The first-order valence-electron chi connectivity index (χ1n) is 17.7. The predicted octanol–water partition coefficient (Wildman–Crippen LogP) is 12.5. The average Bonchev–Trinajstić information content (AvgIpc) is 3.91. The summed E-state index contributed by atoms with van der Waals surface area (Å²) in [7, 11) is 0. The van der Waals surface area contributed by atoms with Crippen LogP contribution in [0.5, 0.6) is 0 Å². The van der Waals surface area contributed by atoms with E-state index in [1.807, 2.05) is 127 Å². The minimum Gasteiger partial charge on any atom is -0.235 e. The van der Waals surface area contributed by atoms with Crippen LogP contribution in [0, 0.1) is 61.2 Å². The summed E-state index contributed by atoms with van der Waals surface area (Å²) in [5.74, 6) is 27.8. The fourth-order valence-electron chi connectivity index (χ4n) is 5.96. The van der Waals surface area contributed by atoms with Crippen molar-refractivity contribution < 1.29 is 0 Å². The Kier molecular flexibility index (Phi) is 10.7. The first-order chi connectivity index (χ1) is 27.1. The van der Waals surface area contributed by atoms with E-state index in [4.69, 9.17) is 4.98 Å². The fourth-order valence-corrected chi connectivity index (χ4v) is 9.25. The molecule has 0 radical (unpaired) electrons. The van der Waals surface area contributed by atoms with E-state index in [1.54, 1.807) is 34.0 Å². The van der Waals surface area contributed by atoms with Crippen molar-refractivity contribution in [2.75, 3.05) is 0 Å². The molecule has 5 aromatic carbocycles. The van der Waals surface area contributed by atoms with Crippen LogP contribution in [0.2, 0.25) is 0 Å². The van der Waals surface area contributed by atoms with Crippen molar-refractivity contribution in [2.24, 2.45) is 0 Å². The van der Waals surface area contributed by atoms with Crippen molar-refractivity contribution in [1.29, 1.82) is 0 Å². The number of thiazole rings is 1. The van der Waals surface area contributed by atoms with Crippen LogP contribution in [0.25, 0.3) is 32.3 Å². The molecule has 0 aliphatic heterocycles. The van der Waals surface area contributed by atoms with Crippen LogP contribution in [0.3, 0.4) is 0 Å². The summed E-state index contributed by atoms with van der Waals surface area (Å²) in [6.45, 7) is 4.31. The predicted molar refractivity (Wildman–Crippen MR) is 233 cm³/mol. The van der Waals surface area contributed by atoms with E-state index < -0.39 is 0 Å².